The van der Waals surface area contributed by atoms with Gasteiger partial charge in [0.2, 0.25) is 0 Å². The van der Waals surface area contributed by atoms with Crippen molar-refractivity contribution in [3.8, 4) is 17.6 Å². The van der Waals surface area contributed by atoms with Crippen molar-refractivity contribution in [1.82, 2.24) is 0 Å². The van der Waals surface area contributed by atoms with Crippen LogP contribution in [0.15, 0.2) is 46.4 Å². The molecule has 0 atom stereocenters. The molecule has 0 aliphatic rings. The number of halogens is 2. The van der Waals surface area contributed by atoms with Crippen LogP contribution in [0.3, 0.4) is 0 Å². The van der Waals surface area contributed by atoms with Crippen LogP contribution in [0, 0.1) is 11.3 Å². The van der Waals surface area contributed by atoms with E-state index in [1.807, 2.05) is 12.1 Å². The minimum Gasteiger partial charge on any atom is -0.503 e. The molecule has 7 heteroatoms. The summed E-state index contributed by atoms with van der Waals surface area (Å²) < 4.78 is 5.80. The monoisotopic (exact) mass is 406 g/mol. The Morgan fingerprint density at radius 2 is 2.17 bits per heavy atom. The fourth-order valence-electron chi connectivity index (χ4n) is 1.91. The zero-order valence-electron chi connectivity index (χ0n) is 12.5. The topological polar surface area (TPSA) is 82.3 Å². The number of hydrogen-bond acceptors (Lipinski definition) is 4. The molecule has 0 unspecified atom stereocenters. The Labute approximate surface area is 152 Å². The Kier molecular flexibility index (Phi) is 5.85. The maximum absolute atomic E-state index is 12.2. The van der Waals surface area contributed by atoms with Gasteiger partial charge in [-0.2, -0.15) is 5.26 Å². The molecule has 0 bridgehead atoms. The molecule has 0 aliphatic carbocycles. The molecule has 0 spiro atoms. The Hall–Kier alpha value is -2.49. The average molecular weight is 408 g/mol. The average Bonchev–Trinajstić information content (AvgIpc) is 2.55. The maximum Gasteiger partial charge on any atom is 0.266 e. The van der Waals surface area contributed by atoms with Crippen molar-refractivity contribution in [2.24, 2.45) is 0 Å². The molecule has 122 valence electrons. The zero-order valence-corrected chi connectivity index (χ0v) is 14.9. The van der Waals surface area contributed by atoms with Gasteiger partial charge in [-0.05, 0) is 42.0 Å². The smallest absolute Gasteiger partial charge is 0.266 e. The number of benzene rings is 2. The number of methoxy groups -OCH3 is 1. The van der Waals surface area contributed by atoms with Crippen molar-refractivity contribution in [3.05, 3.63) is 57.0 Å². The molecule has 2 aromatic carbocycles. The summed E-state index contributed by atoms with van der Waals surface area (Å²) in [7, 11) is 1.38. The number of hydrogen-bond donors (Lipinski definition) is 2. The maximum atomic E-state index is 12.2. The SMILES string of the molecule is COc1cc(C=C(C#N)C(=O)Nc2cccc(Br)c2)cc(Cl)c1O. The number of anilines is 1. The first-order valence-electron chi connectivity index (χ1n) is 6.70. The van der Waals surface area contributed by atoms with E-state index < -0.39 is 5.91 Å². The largest absolute Gasteiger partial charge is 0.503 e. The molecular formula is C17H12BrClN2O3. The lowest BCUT2D eigenvalue weighted by molar-refractivity contribution is -0.112. The summed E-state index contributed by atoms with van der Waals surface area (Å²) in [6.07, 6.45) is 1.36. The molecule has 1 amide bonds. The molecule has 0 aromatic heterocycles. The Morgan fingerprint density at radius 1 is 1.42 bits per heavy atom. The summed E-state index contributed by atoms with van der Waals surface area (Å²) in [5.41, 5.74) is 0.895. The number of amides is 1. The normalized spacial score (nSPS) is 10.8. The van der Waals surface area contributed by atoms with Gasteiger partial charge in [0.25, 0.3) is 5.91 Å². The second-order valence-corrected chi connectivity index (χ2v) is 6.01. The summed E-state index contributed by atoms with van der Waals surface area (Å²) in [5, 5.41) is 21.7. The van der Waals surface area contributed by atoms with Gasteiger partial charge >= 0.3 is 0 Å². The number of nitriles is 1. The highest BCUT2D eigenvalue weighted by Crippen LogP contribution is 2.35. The van der Waals surface area contributed by atoms with Crippen LogP contribution in [-0.4, -0.2) is 18.1 Å². The quantitative estimate of drug-likeness (QED) is 0.583. The van der Waals surface area contributed by atoms with E-state index in [1.54, 1.807) is 18.2 Å². The second kappa shape index (κ2) is 7.86. The van der Waals surface area contributed by atoms with Gasteiger partial charge in [0.1, 0.15) is 11.6 Å². The van der Waals surface area contributed by atoms with Crippen molar-refractivity contribution in [2.45, 2.75) is 0 Å². The molecule has 24 heavy (non-hydrogen) atoms. The first-order chi connectivity index (χ1) is 11.4. The number of phenolic OH excluding ortho intramolecular Hbond substituents is 1. The fraction of sp³-hybridized carbons (Fsp3) is 0.0588. The first-order valence-corrected chi connectivity index (χ1v) is 7.87. The van der Waals surface area contributed by atoms with Gasteiger partial charge in [-0.3, -0.25) is 4.79 Å². The fourth-order valence-corrected chi connectivity index (χ4v) is 2.53. The standard InChI is InChI=1S/C17H12BrClN2O3/c1-24-15-7-10(6-14(19)16(15)22)5-11(9-20)17(23)21-13-4-2-3-12(18)8-13/h2-8,22H,1H3,(H,21,23). The van der Waals surface area contributed by atoms with Gasteiger partial charge < -0.3 is 15.2 Å². The number of aromatic hydroxyl groups is 1. The molecule has 0 aliphatic heterocycles. The zero-order chi connectivity index (χ0) is 17.7. The lowest BCUT2D eigenvalue weighted by Gasteiger charge is -2.07. The van der Waals surface area contributed by atoms with Gasteiger partial charge in [-0.1, -0.05) is 33.6 Å². The predicted molar refractivity (Wildman–Crippen MR) is 96.0 cm³/mol. The van der Waals surface area contributed by atoms with Crippen LogP contribution < -0.4 is 10.1 Å². The molecule has 5 nitrogen and oxygen atoms in total. The van der Waals surface area contributed by atoms with E-state index in [0.717, 1.165) is 4.47 Å². The van der Waals surface area contributed by atoms with Crippen LogP contribution in [0.2, 0.25) is 5.02 Å². The van der Waals surface area contributed by atoms with E-state index in [1.165, 1.54) is 25.3 Å². The number of rotatable bonds is 4. The number of ether oxygens (including phenoxy) is 1. The van der Waals surface area contributed by atoms with Gasteiger partial charge in [0.05, 0.1) is 12.1 Å². The molecule has 0 saturated carbocycles. The van der Waals surface area contributed by atoms with E-state index in [4.69, 9.17) is 16.3 Å². The van der Waals surface area contributed by atoms with Crippen LogP contribution in [0.1, 0.15) is 5.56 Å². The summed E-state index contributed by atoms with van der Waals surface area (Å²) in [6, 6.07) is 11.8. The second-order valence-electron chi connectivity index (χ2n) is 4.69. The third-order valence-electron chi connectivity index (χ3n) is 3.03. The van der Waals surface area contributed by atoms with Crippen molar-refractivity contribution in [1.29, 1.82) is 5.26 Å². The summed E-state index contributed by atoms with van der Waals surface area (Å²) in [6.45, 7) is 0. The highest BCUT2D eigenvalue weighted by atomic mass is 79.9. The van der Waals surface area contributed by atoms with Crippen LogP contribution in [0.25, 0.3) is 6.08 Å². The lowest BCUT2D eigenvalue weighted by Crippen LogP contribution is -2.13. The minimum absolute atomic E-state index is 0.0605. The van der Waals surface area contributed by atoms with Crippen LogP contribution in [0.4, 0.5) is 5.69 Å². The molecular weight excluding hydrogens is 396 g/mol. The molecule has 0 radical (unpaired) electrons. The van der Waals surface area contributed by atoms with Gasteiger partial charge in [-0.15, -0.1) is 0 Å². The van der Waals surface area contributed by atoms with Crippen molar-refractivity contribution in [3.63, 3.8) is 0 Å². The van der Waals surface area contributed by atoms with Gasteiger partial charge in [-0.25, -0.2) is 0 Å². The Balaban J connectivity index is 2.31. The summed E-state index contributed by atoms with van der Waals surface area (Å²) in [5.74, 6) is -0.606. The van der Waals surface area contributed by atoms with Gasteiger partial charge in [0, 0.05) is 10.2 Å². The van der Waals surface area contributed by atoms with Crippen molar-refractivity contribution >= 4 is 45.2 Å². The molecule has 2 N–H and O–H groups in total. The summed E-state index contributed by atoms with van der Waals surface area (Å²) >= 11 is 9.21. The number of carbonyl (C=O) groups excluding carboxylic acids is 1. The summed E-state index contributed by atoms with van der Waals surface area (Å²) in [4.78, 5) is 12.2. The molecule has 0 saturated heterocycles. The lowest BCUT2D eigenvalue weighted by atomic mass is 10.1. The number of nitrogens with one attached hydrogen (secondary N) is 1. The molecule has 0 fully saturated rings. The Bertz CT molecular complexity index is 859. The van der Waals surface area contributed by atoms with E-state index in [0.29, 0.717) is 11.3 Å². The highest BCUT2D eigenvalue weighted by Gasteiger charge is 2.12. The number of phenols is 1. The Morgan fingerprint density at radius 3 is 2.79 bits per heavy atom. The van der Waals surface area contributed by atoms with E-state index in [9.17, 15) is 15.2 Å². The molecule has 0 heterocycles. The van der Waals surface area contributed by atoms with E-state index >= 15 is 0 Å². The van der Waals surface area contributed by atoms with Crippen molar-refractivity contribution in [2.75, 3.05) is 12.4 Å². The predicted octanol–water partition coefficient (Wildman–Crippen LogP) is 4.36. The van der Waals surface area contributed by atoms with Crippen LogP contribution in [0.5, 0.6) is 11.5 Å². The third-order valence-corrected chi connectivity index (χ3v) is 3.81. The van der Waals surface area contributed by atoms with E-state index in [-0.39, 0.29) is 22.1 Å². The first kappa shape index (κ1) is 17.9. The van der Waals surface area contributed by atoms with Crippen molar-refractivity contribution < 1.29 is 14.6 Å². The highest BCUT2D eigenvalue weighted by molar-refractivity contribution is 9.10. The van der Waals surface area contributed by atoms with Gasteiger partial charge in [0.15, 0.2) is 11.5 Å². The number of carbonyl (C=O) groups is 1. The molecule has 2 aromatic rings. The van der Waals surface area contributed by atoms with Crippen LogP contribution >= 0.6 is 27.5 Å². The van der Waals surface area contributed by atoms with E-state index in [2.05, 4.69) is 21.2 Å². The number of nitrogens with zero attached hydrogens (tertiary/aromatic N) is 1. The van der Waals surface area contributed by atoms with Crippen LogP contribution in [-0.2, 0) is 4.79 Å². The third kappa shape index (κ3) is 4.28. The molecule has 2 rings (SSSR count). The minimum atomic E-state index is -0.557.